The molecule has 4 fully saturated rings. The van der Waals surface area contributed by atoms with Crippen LogP contribution in [0.4, 0.5) is 0 Å². The number of aliphatic carboxylic acids is 1. The van der Waals surface area contributed by atoms with Crippen LogP contribution in [0.2, 0.25) is 0 Å². The lowest BCUT2D eigenvalue weighted by molar-refractivity contribution is -0.253. The van der Waals surface area contributed by atoms with E-state index in [2.05, 4.69) is 83.9 Å². The fourth-order valence-corrected chi connectivity index (χ4v) is 12.1. The van der Waals surface area contributed by atoms with Gasteiger partial charge in [-0.15, -0.1) is 5.10 Å². The first-order valence-electron chi connectivity index (χ1n) is 18.6. The van der Waals surface area contributed by atoms with Gasteiger partial charge in [0, 0.05) is 16.4 Å². The molecule has 1 saturated heterocycles. The molecule has 1 aliphatic heterocycles. The topological polar surface area (TPSA) is 146 Å². The summed E-state index contributed by atoms with van der Waals surface area (Å²) in [6, 6.07) is -0.218. The number of nitrogens with zero attached hydrogens (tertiary/aromatic N) is 4. The Kier molecular flexibility index (Phi) is 8.86. The number of tetrazole rings is 1. The molecular formula is C38H63N5O5. The van der Waals surface area contributed by atoms with E-state index in [1.807, 2.05) is 11.6 Å². The maximum absolute atomic E-state index is 13.4. The molecule has 12 atom stereocenters. The van der Waals surface area contributed by atoms with Crippen molar-refractivity contribution in [2.45, 2.75) is 132 Å². The summed E-state index contributed by atoms with van der Waals surface area (Å²) in [7, 11) is 0. The summed E-state index contributed by atoms with van der Waals surface area (Å²) >= 11 is 0. The number of aromatic nitrogens is 4. The summed E-state index contributed by atoms with van der Waals surface area (Å²) < 4.78 is 15.4. The molecule has 10 heteroatoms. The van der Waals surface area contributed by atoms with Crippen LogP contribution in [0.3, 0.4) is 0 Å². The third kappa shape index (κ3) is 4.85. The molecule has 0 amide bonds. The van der Waals surface area contributed by atoms with E-state index < -0.39 is 17.4 Å². The van der Waals surface area contributed by atoms with Gasteiger partial charge in [-0.3, -0.25) is 4.79 Å². The highest BCUT2D eigenvalue weighted by Crippen LogP contribution is 2.75. The largest absolute Gasteiger partial charge is 0.481 e. The zero-order valence-corrected chi connectivity index (χ0v) is 31.3. The Labute approximate surface area is 288 Å². The standard InChI is InChI=1S/C38H63N5O5/c1-22(2)24(5)33(6)15-16-35(8)25-11-12-28-34(7)19-47-21-38(28,26(25)13-14-36(35,9)30(33)32(45)46)17-27(43-29(18-44)40-41-42-43)31(34)48-20-37(10,39)23(3)4/h13,22-25,27-28,30-31,44H,11-12,14-21,39H2,1-10H3,(H,45,46)/t24-,25+,27-,28+,30-,31+,33-,34+,35-,36+,37+,38+/m1/s1. The summed E-state index contributed by atoms with van der Waals surface area (Å²) in [4.78, 5) is 13.4. The first-order chi connectivity index (χ1) is 22.3. The highest BCUT2D eigenvalue weighted by molar-refractivity contribution is 5.73. The first-order valence-corrected chi connectivity index (χ1v) is 18.6. The first kappa shape index (κ1) is 35.9. The summed E-state index contributed by atoms with van der Waals surface area (Å²) in [5, 5.41) is 34.0. The zero-order chi connectivity index (χ0) is 35.2. The number of carboxylic acid groups (broad SMARTS) is 1. The van der Waals surface area contributed by atoms with Crippen molar-refractivity contribution in [3.63, 3.8) is 0 Å². The van der Waals surface area contributed by atoms with E-state index >= 15 is 0 Å². The number of nitrogens with two attached hydrogens (primary N) is 1. The van der Waals surface area contributed by atoms with Crippen molar-refractivity contribution in [3.8, 4) is 0 Å². The molecule has 0 unspecified atom stereocenters. The van der Waals surface area contributed by atoms with Crippen molar-refractivity contribution < 1.29 is 24.5 Å². The minimum Gasteiger partial charge on any atom is -0.481 e. The predicted octanol–water partition coefficient (Wildman–Crippen LogP) is 6.05. The molecule has 48 heavy (non-hydrogen) atoms. The van der Waals surface area contributed by atoms with Crippen LogP contribution >= 0.6 is 0 Å². The van der Waals surface area contributed by atoms with Crippen LogP contribution in [0, 0.1) is 62.6 Å². The Morgan fingerprint density at radius 1 is 1.12 bits per heavy atom. The van der Waals surface area contributed by atoms with Crippen LogP contribution in [0.1, 0.15) is 120 Å². The van der Waals surface area contributed by atoms with Crippen molar-refractivity contribution in [1.29, 1.82) is 0 Å². The maximum atomic E-state index is 13.4. The lowest BCUT2D eigenvalue weighted by atomic mass is 9.34. The van der Waals surface area contributed by atoms with Gasteiger partial charge in [0.2, 0.25) is 0 Å². The lowest BCUT2D eigenvalue weighted by Crippen LogP contribution is -2.69. The smallest absolute Gasteiger partial charge is 0.307 e. The second-order valence-corrected chi connectivity index (χ2v) is 18.7. The molecule has 3 saturated carbocycles. The summed E-state index contributed by atoms with van der Waals surface area (Å²) in [5.41, 5.74) is 6.27. The molecule has 1 aromatic heterocycles. The summed E-state index contributed by atoms with van der Waals surface area (Å²) in [6.45, 7) is 23.7. The second kappa shape index (κ2) is 11.8. The monoisotopic (exact) mass is 669 g/mol. The lowest BCUT2D eigenvalue weighted by Gasteiger charge is -2.71. The Morgan fingerprint density at radius 3 is 2.46 bits per heavy atom. The molecule has 0 spiro atoms. The van der Waals surface area contributed by atoms with Gasteiger partial charge in [0.05, 0.1) is 37.9 Å². The van der Waals surface area contributed by atoms with Gasteiger partial charge in [0.15, 0.2) is 5.82 Å². The number of allylic oxidation sites excluding steroid dienone is 1. The number of rotatable bonds is 9. The van der Waals surface area contributed by atoms with E-state index in [9.17, 15) is 15.0 Å². The molecule has 1 aromatic rings. The quantitative estimate of drug-likeness (QED) is 0.267. The number of aliphatic hydroxyl groups is 1. The van der Waals surface area contributed by atoms with Gasteiger partial charge >= 0.3 is 5.97 Å². The molecule has 0 radical (unpaired) electrons. The molecule has 2 heterocycles. The average molecular weight is 670 g/mol. The average Bonchev–Trinajstić information content (AvgIpc) is 3.49. The SMILES string of the molecule is CC(C)[C@@H](C)[C@@]1(C)CC[C@]2(C)[C@H]3CC[C@@H]4[C@@]5(COC[C@]4(C)[C@@H](OC[C@](C)(N)C(C)C)[C@H](n4nnnc4CO)C5)C3=CC[C@@]2(C)[C@@H]1C(=O)O. The summed E-state index contributed by atoms with van der Waals surface area (Å²) in [6.07, 6.45) is 7.68. The Bertz CT molecular complexity index is 1430. The molecule has 0 aromatic carbocycles. The fourth-order valence-electron chi connectivity index (χ4n) is 12.1. The van der Waals surface area contributed by atoms with Crippen molar-refractivity contribution in [3.05, 3.63) is 17.5 Å². The maximum Gasteiger partial charge on any atom is 0.307 e. The molecular weight excluding hydrogens is 606 g/mol. The predicted molar refractivity (Wildman–Crippen MR) is 184 cm³/mol. The van der Waals surface area contributed by atoms with Gasteiger partial charge in [-0.05, 0) is 102 Å². The van der Waals surface area contributed by atoms with Crippen molar-refractivity contribution in [2.24, 2.45) is 68.3 Å². The molecule has 5 aliphatic rings. The zero-order valence-electron chi connectivity index (χ0n) is 31.3. The third-order valence-corrected chi connectivity index (χ3v) is 16.0. The number of aliphatic hydroxyl groups excluding tert-OH is 1. The molecule has 10 nitrogen and oxygen atoms in total. The van der Waals surface area contributed by atoms with Crippen molar-refractivity contribution >= 4 is 5.97 Å². The normalized spacial score (nSPS) is 44.3. The number of carboxylic acids is 1. The number of hydrogen-bond acceptors (Lipinski definition) is 8. The molecule has 6 rings (SSSR count). The molecule has 4 aliphatic carbocycles. The van der Waals surface area contributed by atoms with E-state index in [0.29, 0.717) is 43.4 Å². The van der Waals surface area contributed by atoms with E-state index in [1.165, 1.54) is 5.57 Å². The fraction of sp³-hybridized carbons (Fsp3) is 0.895. The van der Waals surface area contributed by atoms with Crippen LogP contribution in [0.15, 0.2) is 11.6 Å². The highest BCUT2D eigenvalue weighted by Gasteiger charge is 2.72. The molecule has 2 bridgehead atoms. The minimum absolute atomic E-state index is 0.170. The number of fused-ring (bicyclic) bond motifs is 3. The Morgan fingerprint density at radius 2 is 1.83 bits per heavy atom. The third-order valence-electron chi connectivity index (χ3n) is 16.0. The van der Waals surface area contributed by atoms with Crippen LogP contribution in [0.5, 0.6) is 0 Å². The van der Waals surface area contributed by atoms with Crippen molar-refractivity contribution in [2.75, 3.05) is 19.8 Å². The van der Waals surface area contributed by atoms with Gasteiger partial charge < -0.3 is 25.4 Å². The summed E-state index contributed by atoms with van der Waals surface area (Å²) in [5.74, 6) is 0.873. The highest BCUT2D eigenvalue weighted by atomic mass is 16.5. The van der Waals surface area contributed by atoms with Crippen LogP contribution in [-0.2, 0) is 20.9 Å². The van der Waals surface area contributed by atoms with Crippen LogP contribution in [-0.4, -0.2) is 67.9 Å². The number of ether oxygens (including phenoxy) is 2. The van der Waals surface area contributed by atoms with Crippen molar-refractivity contribution in [1.82, 2.24) is 20.2 Å². The van der Waals surface area contributed by atoms with E-state index in [4.69, 9.17) is 15.2 Å². The second-order valence-electron chi connectivity index (χ2n) is 18.7. The number of carbonyl (C=O) groups is 1. The van der Waals surface area contributed by atoms with E-state index in [0.717, 1.165) is 38.5 Å². The Hall–Kier alpha value is -1.88. The van der Waals surface area contributed by atoms with Crippen LogP contribution in [0.25, 0.3) is 0 Å². The van der Waals surface area contributed by atoms with E-state index in [-0.39, 0.29) is 57.7 Å². The molecule has 4 N–H and O–H groups in total. The van der Waals surface area contributed by atoms with Crippen LogP contribution < -0.4 is 5.73 Å². The Balaban J connectivity index is 1.46. The van der Waals surface area contributed by atoms with Gasteiger partial charge in [-0.1, -0.05) is 74.0 Å². The molecule has 270 valence electrons. The van der Waals surface area contributed by atoms with E-state index in [1.54, 1.807) is 0 Å². The minimum atomic E-state index is -0.642. The van der Waals surface area contributed by atoms with Gasteiger partial charge in [-0.2, -0.15) is 0 Å². The van der Waals surface area contributed by atoms with Gasteiger partial charge in [-0.25, -0.2) is 4.68 Å². The number of hydrogen-bond donors (Lipinski definition) is 3. The van der Waals surface area contributed by atoms with Gasteiger partial charge in [0.1, 0.15) is 6.61 Å². The van der Waals surface area contributed by atoms with Gasteiger partial charge in [0.25, 0.3) is 0 Å².